The minimum atomic E-state index is -0.330. The third-order valence-corrected chi connectivity index (χ3v) is 2.86. The van der Waals surface area contributed by atoms with Gasteiger partial charge in [-0.3, -0.25) is 4.79 Å². The Balaban J connectivity index is 1.89. The molecule has 0 saturated carbocycles. The van der Waals surface area contributed by atoms with Crippen LogP contribution in [0.3, 0.4) is 0 Å². The van der Waals surface area contributed by atoms with Crippen LogP contribution in [-0.2, 0) is 0 Å². The van der Waals surface area contributed by atoms with Crippen LogP contribution >= 0.6 is 0 Å². The summed E-state index contributed by atoms with van der Waals surface area (Å²) in [5, 5.41) is 6.10. The Morgan fingerprint density at radius 2 is 1.90 bits per heavy atom. The molecule has 0 atom stereocenters. The quantitative estimate of drug-likeness (QED) is 0.578. The van der Waals surface area contributed by atoms with Crippen molar-refractivity contribution in [3.63, 3.8) is 0 Å². The van der Waals surface area contributed by atoms with Crippen molar-refractivity contribution in [3.8, 4) is 0 Å². The van der Waals surface area contributed by atoms with Gasteiger partial charge >= 0.3 is 6.03 Å². The average molecular weight is 290 g/mol. The van der Waals surface area contributed by atoms with E-state index in [0.29, 0.717) is 24.4 Å². The largest absolute Gasteiger partial charge is 0.451 e. The first kappa shape index (κ1) is 14.7. The van der Waals surface area contributed by atoms with Crippen molar-refractivity contribution in [1.29, 1.82) is 0 Å². The van der Waals surface area contributed by atoms with Gasteiger partial charge in [-0.2, -0.15) is 0 Å². The van der Waals surface area contributed by atoms with E-state index in [0.717, 1.165) is 5.39 Å². The summed E-state index contributed by atoms with van der Waals surface area (Å²) in [6.07, 6.45) is 0. The fraction of sp³-hybridized carbons (Fsp3) is 0.286. The molecule has 7 heteroatoms. The Morgan fingerprint density at radius 1 is 1.19 bits per heavy atom. The number of fused-ring (bicyclic) bond motifs is 1. The maximum Gasteiger partial charge on any atom is 0.316 e. The lowest BCUT2D eigenvalue weighted by Crippen LogP contribution is -2.39. The molecule has 1 heterocycles. The Morgan fingerprint density at radius 3 is 2.62 bits per heavy atom. The Labute approximate surface area is 122 Å². The van der Waals surface area contributed by atoms with Gasteiger partial charge in [0.05, 0.1) is 0 Å². The van der Waals surface area contributed by atoms with E-state index in [4.69, 9.17) is 10.2 Å². The third-order valence-electron chi connectivity index (χ3n) is 2.86. The first-order valence-electron chi connectivity index (χ1n) is 6.50. The van der Waals surface area contributed by atoms with E-state index >= 15 is 0 Å². The molecular formula is C14H18N4O3. The van der Waals surface area contributed by atoms with Gasteiger partial charge in [-0.15, -0.1) is 0 Å². The lowest BCUT2D eigenvalue weighted by Gasteiger charge is -2.11. The van der Waals surface area contributed by atoms with Crippen LogP contribution in [0.4, 0.5) is 10.5 Å². The van der Waals surface area contributed by atoms with E-state index in [-0.39, 0.29) is 17.7 Å². The molecule has 2 aromatic rings. The Bertz CT molecular complexity index is 663. The van der Waals surface area contributed by atoms with Gasteiger partial charge in [-0.05, 0) is 24.3 Å². The molecule has 0 aliphatic heterocycles. The Kier molecular flexibility index (Phi) is 4.32. The number of rotatable bonds is 4. The van der Waals surface area contributed by atoms with Gasteiger partial charge in [0.2, 0.25) is 0 Å². The van der Waals surface area contributed by atoms with Gasteiger partial charge in [-0.25, -0.2) is 4.79 Å². The highest BCUT2D eigenvalue weighted by Crippen LogP contribution is 2.21. The second kappa shape index (κ2) is 6.17. The molecule has 4 N–H and O–H groups in total. The highest BCUT2D eigenvalue weighted by molar-refractivity contribution is 5.96. The van der Waals surface area contributed by atoms with Crippen LogP contribution in [0.5, 0.6) is 0 Å². The van der Waals surface area contributed by atoms with E-state index < -0.39 is 0 Å². The van der Waals surface area contributed by atoms with Crippen molar-refractivity contribution >= 4 is 28.6 Å². The zero-order chi connectivity index (χ0) is 15.4. The number of hydrogen-bond donors (Lipinski definition) is 3. The smallest absolute Gasteiger partial charge is 0.316 e. The molecule has 3 amide bonds. The monoisotopic (exact) mass is 290 g/mol. The molecule has 0 fully saturated rings. The summed E-state index contributed by atoms with van der Waals surface area (Å²) in [4.78, 5) is 24.6. The van der Waals surface area contributed by atoms with Crippen molar-refractivity contribution in [2.75, 3.05) is 32.9 Å². The minimum Gasteiger partial charge on any atom is -0.451 e. The molecular weight excluding hydrogens is 272 g/mol. The molecule has 2 rings (SSSR count). The molecule has 0 aliphatic carbocycles. The number of carbonyl (C=O) groups is 2. The van der Waals surface area contributed by atoms with Crippen LogP contribution in [0, 0.1) is 0 Å². The summed E-state index contributed by atoms with van der Waals surface area (Å²) < 4.78 is 5.44. The molecule has 7 nitrogen and oxygen atoms in total. The lowest BCUT2D eigenvalue weighted by molar-refractivity contribution is 0.0928. The van der Waals surface area contributed by atoms with E-state index in [1.807, 2.05) is 0 Å². The van der Waals surface area contributed by atoms with Gasteiger partial charge < -0.3 is 25.7 Å². The van der Waals surface area contributed by atoms with Gasteiger partial charge in [0, 0.05) is 38.3 Å². The van der Waals surface area contributed by atoms with Crippen LogP contribution in [0.15, 0.2) is 28.7 Å². The molecule has 0 saturated heterocycles. The molecule has 0 unspecified atom stereocenters. The number of nitrogen functional groups attached to an aromatic ring is 1. The lowest BCUT2D eigenvalue weighted by atomic mass is 10.2. The summed E-state index contributed by atoms with van der Waals surface area (Å²) >= 11 is 0. The highest BCUT2D eigenvalue weighted by atomic mass is 16.3. The topological polar surface area (TPSA) is 101 Å². The highest BCUT2D eigenvalue weighted by Gasteiger charge is 2.12. The van der Waals surface area contributed by atoms with Crippen molar-refractivity contribution in [2.24, 2.45) is 0 Å². The van der Waals surface area contributed by atoms with Gasteiger partial charge in [0.25, 0.3) is 5.91 Å². The maximum absolute atomic E-state index is 11.9. The first-order chi connectivity index (χ1) is 9.97. The van der Waals surface area contributed by atoms with Crippen LogP contribution in [-0.4, -0.2) is 44.0 Å². The van der Waals surface area contributed by atoms with E-state index in [1.165, 1.54) is 4.90 Å². The number of anilines is 1. The average Bonchev–Trinajstić information content (AvgIpc) is 2.85. The SMILES string of the molecule is CN(C)C(=O)NCCNC(=O)c1cc2cc(N)ccc2o1. The van der Waals surface area contributed by atoms with Crippen molar-refractivity contribution in [2.45, 2.75) is 0 Å². The van der Waals surface area contributed by atoms with E-state index in [1.54, 1.807) is 38.4 Å². The second-order valence-corrected chi connectivity index (χ2v) is 4.79. The summed E-state index contributed by atoms with van der Waals surface area (Å²) in [5.74, 6) is -0.113. The second-order valence-electron chi connectivity index (χ2n) is 4.79. The van der Waals surface area contributed by atoms with Crippen molar-refractivity contribution in [1.82, 2.24) is 15.5 Å². The molecule has 1 aromatic heterocycles. The molecule has 0 aliphatic rings. The number of nitrogens with two attached hydrogens (primary N) is 1. The van der Waals surface area contributed by atoms with Gasteiger partial charge in [0.15, 0.2) is 5.76 Å². The zero-order valence-corrected chi connectivity index (χ0v) is 12.0. The predicted octanol–water partition coefficient (Wildman–Crippen LogP) is 1.02. The summed E-state index contributed by atoms with van der Waals surface area (Å²) in [6, 6.07) is 6.61. The van der Waals surface area contributed by atoms with Crippen molar-refractivity contribution in [3.05, 3.63) is 30.0 Å². The number of hydrogen-bond acceptors (Lipinski definition) is 4. The molecule has 21 heavy (non-hydrogen) atoms. The summed E-state index contributed by atoms with van der Waals surface area (Å²) in [7, 11) is 3.29. The summed E-state index contributed by atoms with van der Waals surface area (Å²) in [5.41, 5.74) is 6.89. The minimum absolute atomic E-state index is 0.205. The molecule has 0 bridgehead atoms. The number of nitrogens with one attached hydrogen (secondary N) is 2. The third kappa shape index (κ3) is 3.65. The van der Waals surface area contributed by atoms with Crippen molar-refractivity contribution < 1.29 is 14.0 Å². The standard InChI is InChI=1S/C14H18N4O3/c1-18(2)14(20)17-6-5-16-13(19)12-8-9-7-10(15)3-4-11(9)21-12/h3-4,7-8H,5-6,15H2,1-2H3,(H,16,19)(H,17,20). The van der Waals surface area contributed by atoms with Gasteiger partial charge in [-0.1, -0.05) is 0 Å². The molecule has 112 valence electrons. The number of nitrogens with zero attached hydrogens (tertiary/aromatic N) is 1. The number of benzene rings is 1. The van der Waals surface area contributed by atoms with Gasteiger partial charge in [0.1, 0.15) is 5.58 Å². The van der Waals surface area contributed by atoms with E-state index in [9.17, 15) is 9.59 Å². The predicted molar refractivity (Wildman–Crippen MR) is 80.0 cm³/mol. The number of amides is 3. The maximum atomic E-state index is 11.9. The van der Waals surface area contributed by atoms with Crippen LogP contribution in [0.1, 0.15) is 10.6 Å². The first-order valence-corrected chi connectivity index (χ1v) is 6.50. The molecule has 1 aromatic carbocycles. The normalized spacial score (nSPS) is 10.4. The van der Waals surface area contributed by atoms with E-state index in [2.05, 4.69) is 10.6 Å². The van der Waals surface area contributed by atoms with Crippen LogP contribution < -0.4 is 16.4 Å². The molecule has 0 spiro atoms. The number of furan rings is 1. The number of carbonyl (C=O) groups excluding carboxylic acids is 2. The fourth-order valence-electron chi connectivity index (χ4n) is 1.76. The zero-order valence-electron chi connectivity index (χ0n) is 12.0. The Hall–Kier alpha value is -2.70. The fourth-order valence-corrected chi connectivity index (χ4v) is 1.76. The summed E-state index contributed by atoms with van der Waals surface area (Å²) in [6.45, 7) is 0.660. The van der Waals surface area contributed by atoms with Crippen LogP contribution in [0.2, 0.25) is 0 Å². The molecule has 0 radical (unpaired) electrons. The number of urea groups is 1. The van der Waals surface area contributed by atoms with Crippen LogP contribution in [0.25, 0.3) is 11.0 Å².